The lowest BCUT2D eigenvalue weighted by molar-refractivity contribution is -0.126. The molecule has 0 aromatic heterocycles. The molecule has 0 radical (unpaired) electrons. The predicted molar refractivity (Wildman–Crippen MR) is 82.7 cm³/mol. The summed E-state index contributed by atoms with van der Waals surface area (Å²) in [5.74, 6) is -0.332. The quantitative estimate of drug-likeness (QED) is 0.894. The zero-order chi connectivity index (χ0) is 16.9. The van der Waals surface area contributed by atoms with Crippen molar-refractivity contribution in [2.75, 3.05) is 0 Å². The van der Waals surface area contributed by atoms with Gasteiger partial charge in [0, 0.05) is 5.54 Å². The number of benzene rings is 1. The highest BCUT2D eigenvalue weighted by molar-refractivity contribution is 6.32. The number of carbonyl (C=O) groups excluding carboxylic acids is 2. The van der Waals surface area contributed by atoms with Crippen molar-refractivity contribution in [3.8, 4) is 11.8 Å². The number of halogens is 1. The van der Waals surface area contributed by atoms with Crippen LogP contribution in [-0.2, 0) is 4.79 Å². The highest BCUT2D eigenvalue weighted by Crippen LogP contribution is 2.26. The average Bonchev–Trinajstić information content (AvgIpc) is 2.38. The second kappa shape index (κ2) is 7.14. The molecule has 0 saturated heterocycles. The van der Waals surface area contributed by atoms with Crippen molar-refractivity contribution in [1.29, 1.82) is 5.26 Å². The fraction of sp³-hybridized carbons (Fsp3) is 0.400. The van der Waals surface area contributed by atoms with Crippen LogP contribution in [-0.4, -0.2) is 23.6 Å². The lowest BCUT2D eigenvalue weighted by Gasteiger charge is -2.21. The summed E-state index contributed by atoms with van der Waals surface area (Å²) in [6, 6.07) is 5.81. The van der Waals surface area contributed by atoms with Crippen LogP contribution >= 0.6 is 11.6 Å². The molecule has 0 aliphatic heterocycles. The predicted octanol–water partition coefficient (Wildman–Crippen LogP) is 2.60. The summed E-state index contributed by atoms with van der Waals surface area (Å²) in [5.41, 5.74) is -0.0655. The van der Waals surface area contributed by atoms with Gasteiger partial charge in [-0.3, -0.25) is 10.1 Å². The summed E-state index contributed by atoms with van der Waals surface area (Å²) in [7, 11) is 0. The molecule has 1 rings (SSSR count). The van der Waals surface area contributed by atoms with Crippen LogP contribution in [0, 0.1) is 11.3 Å². The van der Waals surface area contributed by atoms with Gasteiger partial charge < -0.3 is 10.1 Å². The lowest BCUT2D eigenvalue weighted by Crippen LogP contribution is -2.50. The van der Waals surface area contributed by atoms with Crippen molar-refractivity contribution in [1.82, 2.24) is 10.6 Å². The van der Waals surface area contributed by atoms with Crippen molar-refractivity contribution >= 4 is 23.5 Å². The standard InChI is InChI=1S/C15H18ClN3O3/c1-9(13(20)18-14(21)19-15(2,3)4)22-12-6-5-10(8-17)7-11(12)16/h5-7,9H,1-4H3,(H2,18,19,20,21)/t9-/m0/s1. The molecule has 22 heavy (non-hydrogen) atoms. The maximum atomic E-state index is 11.9. The van der Waals surface area contributed by atoms with Gasteiger partial charge in [-0.15, -0.1) is 0 Å². The normalized spacial score (nSPS) is 12.0. The Bertz CT molecular complexity index is 617. The van der Waals surface area contributed by atoms with E-state index < -0.39 is 23.6 Å². The SMILES string of the molecule is C[C@H](Oc1ccc(C#N)cc1Cl)C(=O)NC(=O)NC(C)(C)C. The summed E-state index contributed by atoms with van der Waals surface area (Å²) in [5, 5.41) is 13.8. The first kappa shape index (κ1) is 17.8. The Hall–Kier alpha value is -2.26. The van der Waals surface area contributed by atoms with E-state index in [1.165, 1.54) is 25.1 Å². The van der Waals surface area contributed by atoms with Crippen LogP contribution in [0.15, 0.2) is 18.2 Å². The summed E-state index contributed by atoms with van der Waals surface area (Å²) in [4.78, 5) is 23.5. The van der Waals surface area contributed by atoms with Crippen molar-refractivity contribution in [2.24, 2.45) is 0 Å². The monoisotopic (exact) mass is 323 g/mol. The van der Waals surface area contributed by atoms with E-state index in [2.05, 4.69) is 10.6 Å². The minimum Gasteiger partial charge on any atom is -0.479 e. The molecule has 0 saturated carbocycles. The largest absolute Gasteiger partial charge is 0.479 e. The Morgan fingerprint density at radius 1 is 1.36 bits per heavy atom. The third kappa shape index (κ3) is 5.62. The van der Waals surface area contributed by atoms with E-state index in [-0.39, 0.29) is 10.8 Å². The number of rotatable bonds is 3. The van der Waals surface area contributed by atoms with Crippen molar-refractivity contribution in [3.05, 3.63) is 28.8 Å². The van der Waals surface area contributed by atoms with Crippen LogP contribution in [0.3, 0.4) is 0 Å². The highest BCUT2D eigenvalue weighted by atomic mass is 35.5. The molecule has 0 unspecified atom stereocenters. The number of nitrogens with zero attached hydrogens (tertiary/aromatic N) is 1. The molecular formula is C15H18ClN3O3. The van der Waals surface area contributed by atoms with Gasteiger partial charge >= 0.3 is 6.03 Å². The minimum atomic E-state index is -0.920. The molecule has 118 valence electrons. The highest BCUT2D eigenvalue weighted by Gasteiger charge is 2.21. The molecule has 1 aromatic carbocycles. The van der Waals surface area contributed by atoms with Gasteiger partial charge in [-0.2, -0.15) is 5.26 Å². The van der Waals surface area contributed by atoms with Gasteiger partial charge in [0.25, 0.3) is 5.91 Å². The molecule has 7 heteroatoms. The Morgan fingerprint density at radius 3 is 2.50 bits per heavy atom. The minimum absolute atomic E-state index is 0.220. The number of hydrogen-bond acceptors (Lipinski definition) is 4. The Balaban J connectivity index is 2.65. The molecule has 0 spiro atoms. The number of urea groups is 1. The first-order valence-corrected chi connectivity index (χ1v) is 6.99. The second-order valence-electron chi connectivity index (χ2n) is 5.71. The molecule has 0 heterocycles. The number of imide groups is 1. The van der Waals surface area contributed by atoms with E-state index in [1.807, 2.05) is 6.07 Å². The van der Waals surface area contributed by atoms with Crippen LogP contribution in [0.1, 0.15) is 33.3 Å². The topological polar surface area (TPSA) is 91.2 Å². The molecular weight excluding hydrogens is 306 g/mol. The van der Waals surface area contributed by atoms with E-state index in [9.17, 15) is 9.59 Å². The van der Waals surface area contributed by atoms with Gasteiger partial charge in [-0.25, -0.2) is 4.79 Å². The maximum Gasteiger partial charge on any atom is 0.321 e. The summed E-state index contributed by atoms with van der Waals surface area (Å²) >= 11 is 5.96. The van der Waals surface area contributed by atoms with Gasteiger partial charge in [-0.05, 0) is 45.9 Å². The molecule has 1 atom stereocenters. The zero-order valence-corrected chi connectivity index (χ0v) is 13.6. The number of nitriles is 1. The van der Waals surface area contributed by atoms with E-state index in [0.29, 0.717) is 5.56 Å². The van der Waals surface area contributed by atoms with Gasteiger partial charge in [0.2, 0.25) is 0 Å². The third-order valence-electron chi connectivity index (χ3n) is 2.46. The van der Waals surface area contributed by atoms with Crippen LogP contribution in [0.25, 0.3) is 0 Å². The Morgan fingerprint density at radius 2 is 2.00 bits per heavy atom. The van der Waals surface area contributed by atoms with Gasteiger partial charge in [0.1, 0.15) is 5.75 Å². The van der Waals surface area contributed by atoms with E-state index in [1.54, 1.807) is 20.8 Å². The molecule has 3 amide bonds. The molecule has 0 aliphatic rings. The number of hydrogen-bond donors (Lipinski definition) is 2. The van der Waals surface area contributed by atoms with Crippen molar-refractivity contribution in [2.45, 2.75) is 39.3 Å². The molecule has 0 aliphatic carbocycles. The molecule has 2 N–H and O–H groups in total. The zero-order valence-electron chi connectivity index (χ0n) is 12.9. The van der Waals surface area contributed by atoms with Gasteiger partial charge in [-0.1, -0.05) is 11.6 Å². The maximum absolute atomic E-state index is 11.9. The first-order chi connectivity index (χ1) is 10.1. The smallest absolute Gasteiger partial charge is 0.321 e. The van der Waals surface area contributed by atoms with Gasteiger partial charge in [0.15, 0.2) is 6.10 Å². The summed E-state index contributed by atoms with van der Waals surface area (Å²) in [6.45, 7) is 6.89. The Labute approximate surface area is 134 Å². The van der Waals surface area contributed by atoms with E-state index in [4.69, 9.17) is 21.6 Å². The Kier molecular flexibility index (Phi) is 5.77. The summed E-state index contributed by atoms with van der Waals surface area (Å²) in [6.07, 6.45) is -0.920. The number of amides is 3. The fourth-order valence-corrected chi connectivity index (χ4v) is 1.72. The summed E-state index contributed by atoms with van der Waals surface area (Å²) < 4.78 is 5.40. The lowest BCUT2D eigenvalue weighted by atomic mass is 10.1. The number of nitrogens with one attached hydrogen (secondary N) is 2. The van der Waals surface area contributed by atoms with Crippen LogP contribution in [0.4, 0.5) is 4.79 Å². The second-order valence-corrected chi connectivity index (χ2v) is 6.12. The third-order valence-corrected chi connectivity index (χ3v) is 2.75. The molecule has 0 fully saturated rings. The van der Waals surface area contributed by atoms with Crippen LogP contribution in [0.2, 0.25) is 5.02 Å². The average molecular weight is 324 g/mol. The molecule has 6 nitrogen and oxygen atoms in total. The molecule has 1 aromatic rings. The van der Waals surface area contributed by atoms with E-state index >= 15 is 0 Å². The number of carbonyl (C=O) groups is 2. The van der Waals surface area contributed by atoms with E-state index in [0.717, 1.165) is 0 Å². The molecule has 0 bridgehead atoms. The van der Waals surface area contributed by atoms with Gasteiger partial charge in [0.05, 0.1) is 16.7 Å². The van der Waals surface area contributed by atoms with Crippen LogP contribution in [0.5, 0.6) is 5.75 Å². The first-order valence-electron chi connectivity index (χ1n) is 6.61. The number of ether oxygens (including phenoxy) is 1. The van der Waals surface area contributed by atoms with Crippen molar-refractivity contribution < 1.29 is 14.3 Å². The fourth-order valence-electron chi connectivity index (χ4n) is 1.50. The van der Waals surface area contributed by atoms with Crippen LogP contribution < -0.4 is 15.4 Å². The van der Waals surface area contributed by atoms with Crippen molar-refractivity contribution in [3.63, 3.8) is 0 Å².